The Bertz CT molecular complexity index is 1340. The minimum Gasteiger partial charge on any atom is -0.382 e. The molecule has 2 radical (unpaired) electrons. The number of benzene rings is 1. The van der Waals surface area contributed by atoms with Crippen molar-refractivity contribution < 1.29 is 9.90 Å². The lowest BCUT2D eigenvalue weighted by atomic mass is 9.99. The molecule has 3 aromatic heterocycles. The average molecular weight is 412 g/mol. The van der Waals surface area contributed by atoms with Crippen molar-refractivity contribution in [3.05, 3.63) is 48.3 Å². The van der Waals surface area contributed by atoms with Crippen molar-refractivity contribution in [1.82, 2.24) is 34.8 Å². The van der Waals surface area contributed by atoms with Gasteiger partial charge >= 0.3 is 0 Å². The maximum atomic E-state index is 12.3. The highest BCUT2D eigenvalue weighted by Crippen LogP contribution is 2.31. The summed E-state index contributed by atoms with van der Waals surface area (Å²) in [4.78, 5) is 26.5. The molecule has 4 aromatic rings. The van der Waals surface area contributed by atoms with Crippen LogP contribution in [0, 0.1) is 0 Å². The second kappa shape index (κ2) is 6.84. The van der Waals surface area contributed by atoms with Gasteiger partial charge in [-0.05, 0) is 24.3 Å². The van der Waals surface area contributed by atoms with E-state index < -0.39 is 5.60 Å². The molecular formula is C20H17BN8O2. The van der Waals surface area contributed by atoms with Gasteiger partial charge in [-0.2, -0.15) is 0 Å². The second-order valence-corrected chi connectivity index (χ2v) is 7.47. The normalized spacial score (nSPS) is 18.8. The van der Waals surface area contributed by atoms with Crippen molar-refractivity contribution in [1.29, 1.82) is 0 Å². The molecular weight excluding hydrogens is 395 g/mol. The molecule has 1 fully saturated rings. The van der Waals surface area contributed by atoms with E-state index in [1.165, 1.54) is 9.58 Å². The van der Waals surface area contributed by atoms with Gasteiger partial charge in [-0.3, -0.25) is 4.79 Å². The first-order valence-electron chi connectivity index (χ1n) is 9.56. The molecule has 1 aliphatic rings. The number of nitrogens with zero attached hydrogens (tertiary/aromatic N) is 7. The number of fused-ring (bicyclic) bond motifs is 1. The van der Waals surface area contributed by atoms with Crippen LogP contribution in [0.2, 0.25) is 0 Å². The molecule has 1 atom stereocenters. The smallest absolute Gasteiger partial charge is 0.260 e. The lowest BCUT2D eigenvalue weighted by molar-refractivity contribution is -0.143. The fourth-order valence-corrected chi connectivity index (χ4v) is 3.69. The maximum absolute atomic E-state index is 12.3. The van der Waals surface area contributed by atoms with Crippen LogP contribution in [0.15, 0.2) is 42.6 Å². The van der Waals surface area contributed by atoms with E-state index in [-0.39, 0.29) is 29.6 Å². The number of amides is 1. The van der Waals surface area contributed by atoms with Crippen molar-refractivity contribution >= 4 is 36.3 Å². The zero-order valence-electron chi connectivity index (χ0n) is 16.6. The fraction of sp³-hybridized carbons (Fsp3) is 0.200. The van der Waals surface area contributed by atoms with Gasteiger partial charge in [0.25, 0.3) is 5.91 Å². The Balaban J connectivity index is 1.51. The predicted octanol–water partition coefficient (Wildman–Crippen LogP) is -0.302. The molecule has 152 valence electrons. The summed E-state index contributed by atoms with van der Waals surface area (Å²) in [5.74, 6) is -0.171. The van der Waals surface area contributed by atoms with Crippen LogP contribution < -0.4 is 11.5 Å². The zero-order valence-corrected chi connectivity index (χ0v) is 16.6. The number of nitrogen functional groups attached to an aromatic ring is 1. The van der Waals surface area contributed by atoms with Crippen molar-refractivity contribution in [3.63, 3.8) is 0 Å². The average Bonchev–Trinajstić information content (AvgIpc) is 3.36. The molecule has 0 spiro atoms. The first-order chi connectivity index (χ1) is 14.8. The number of pyridine rings is 1. The number of aromatic nitrogens is 6. The zero-order chi connectivity index (χ0) is 21.8. The SMILES string of the molecule is [B]c1nc(N)c2nc(-c3cccc(-n4cc(C5(O)CCN(C)C5=O)nn4)c3)ccc2n1. The van der Waals surface area contributed by atoms with E-state index >= 15 is 0 Å². The molecule has 31 heavy (non-hydrogen) atoms. The Morgan fingerprint density at radius 2 is 2.03 bits per heavy atom. The summed E-state index contributed by atoms with van der Waals surface area (Å²) in [7, 11) is 7.29. The molecule has 1 aromatic carbocycles. The summed E-state index contributed by atoms with van der Waals surface area (Å²) in [6, 6.07) is 11.1. The minimum atomic E-state index is -1.65. The number of likely N-dealkylation sites (N-methyl/N-ethyl adjacent to an activating group) is 1. The first kappa shape index (κ1) is 19.1. The Morgan fingerprint density at radius 3 is 2.81 bits per heavy atom. The topological polar surface area (TPSA) is 136 Å². The van der Waals surface area contributed by atoms with Gasteiger partial charge in [0, 0.05) is 25.6 Å². The first-order valence-corrected chi connectivity index (χ1v) is 9.56. The van der Waals surface area contributed by atoms with E-state index in [0.29, 0.717) is 29.0 Å². The third kappa shape index (κ3) is 3.10. The molecule has 10 nitrogen and oxygen atoms in total. The number of carbonyl (C=O) groups excluding carboxylic acids is 1. The molecule has 11 heteroatoms. The molecule has 1 amide bonds. The van der Waals surface area contributed by atoms with E-state index in [0.717, 1.165) is 5.56 Å². The number of carbonyl (C=O) groups is 1. The van der Waals surface area contributed by atoms with Gasteiger partial charge in [0.05, 0.1) is 28.8 Å². The van der Waals surface area contributed by atoms with Crippen molar-refractivity contribution in [2.75, 3.05) is 19.3 Å². The van der Waals surface area contributed by atoms with Crippen molar-refractivity contribution in [2.24, 2.45) is 0 Å². The largest absolute Gasteiger partial charge is 0.382 e. The minimum absolute atomic E-state index is 0.0946. The van der Waals surface area contributed by atoms with Gasteiger partial charge in [0.2, 0.25) is 0 Å². The Labute approximate surface area is 178 Å². The van der Waals surface area contributed by atoms with Crippen molar-refractivity contribution in [3.8, 4) is 16.9 Å². The van der Waals surface area contributed by atoms with Crippen LogP contribution in [0.3, 0.4) is 0 Å². The van der Waals surface area contributed by atoms with Crippen LogP contribution in [-0.4, -0.2) is 67.3 Å². The summed E-state index contributed by atoms with van der Waals surface area (Å²) >= 11 is 0. The van der Waals surface area contributed by atoms with Crippen molar-refractivity contribution in [2.45, 2.75) is 12.0 Å². The third-order valence-corrected chi connectivity index (χ3v) is 5.42. The highest BCUT2D eigenvalue weighted by molar-refractivity contribution is 6.29. The van der Waals surface area contributed by atoms with Gasteiger partial charge in [0.15, 0.2) is 19.3 Å². The van der Waals surface area contributed by atoms with Crippen LogP contribution in [-0.2, 0) is 10.4 Å². The van der Waals surface area contributed by atoms with Gasteiger partial charge in [-0.1, -0.05) is 17.3 Å². The predicted molar refractivity (Wildman–Crippen MR) is 114 cm³/mol. The molecule has 5 rings (SSSR count). The molecule has 1 aliphatic heterocycles. The van der Waals surface area contributed by atoms with E-state index in [2.05, 4.69) is 25.3 Å². The molecule has 1 unspecified atom stereocenters. The standard InChI is InChI=1S/C20H17BN8O2/c1-28-8-7-20(31,18(28)30)15-10-29(27-26-15)12-4-2-3-11(9-12)13-5-6-14-16(23-13)17(22)25-19(21)24-14/h2-6,9-10,31H,7-8H2,1H3,(H2,22,24,25). The second-order valence-electron chi connectivity index (χ2n) is 7.47. The quantitative estimate of drug-likeness (QED) is 0.438. The number of nitrogens with two attached hydrogens (primary N) is 1. The molecule has 0 aliphatic carbocycles. The van der Waals surface area contributed by atoms with Gasteiger partial charge in [0.1, 0.15) is 11.2 Å². The van der Waals surface area contributed by atoms with Gasteiger partial charge < -0.3 is 15.7 Å². The van der Waals surface area contributed by atoms with Crippen LogP contribution in [0.1, 0.15) is 12.1 Å². The summed E-state index contributed by atoms with van der Waals surface area (Å²) in [5, 5.41) is 18.9. The van der Waals surface area contributed by atoms with Crippen LogP contribution in [0.25, 0.3) is 28.0 Å². The van der Waals surface area contributed by atoms with Crippen LogP contribution in [0.4, 0.5) is 5.82 Å². The van der Waals surface area contributed by atoms with Crippen LogP contribution >= 0.6 is 0 Å². The molecule has 0 saturated carbocycles. The fourth-order valence-electron chi connectivity index (χ4n) is 3.69. The third-order valence-electron chi connectivity index (χ3n) is 5.42. The number of aliphatic hydroxyl groups is 1. The van der Waals surface area contributed by atoms with Crippen LogP contribution in [0.5, 0.6) is 0 Å². The Hall–Kier alpha value is -3.86. The molecule has 0 bridgehead atoms. The Kier molecular flexibility index (Phi) is 4.22. The maximum Gasteiger partial charge on any atom is 0.260 e. The van der Waals surface area contributed by atoms with Gasteiger partial charge in [-0.15, -0.1) is 5.10 Å². The summed E-state index contributed by atoms with van der Waals surface area (Å²) < 4.78 is 1.52. The number of hydrogen-bond donors (Lipinski definition) is 2. The Morgan fingerprint density at radius 1 is 1.19 bits per heavy atom. The van der Waals surface area contributed by atoms with E-state index in [1.54, 1.807) is 19.3 Å². The molecule has 1 saturated heterocycles. The lowest BCUT2D eigenvalue weighted by Crippen LogP contribution is -2.36. The highest BCUT2D eigenvalue weighted by atomic mass is 16.3. The number of rotatable bonds is 3. The van der Waals surface area contributed by atoms with Gasteiger partial charge in [-0.25, -0.2) is 19.6 Å². The van der Waals surface area contributed by atoms with E-state index in [9.17, 15) is 9.90 Å². The molecule has 3 N–H and O–H groups in total. The monoisotopic (exact) mass is 412 g/mol. The molecule has 4 heterocycles. The van der Waals surface area contributed by atoms with E-state index in [4.69, 9.17) is 13.6 Å². The summed E-state index contributed by atoms with van der Waals surface area (Å²) in [6.45, 7) is 0.462. The highest BCUT2D eigenvalue weighted by Gasteiger charge is 2.47. The lowest BCUT2D eigenvalue weighted by Gasteiger charge is -2.17. The van der Waals surface area contributed by atoms with E-state index in [1.807, 2.05) is 30.3 Å². The number of anilines is 1. The number of likely N-dealkylation sites (tertiary alicyclic amines) is 1. The number of hydrogen-bond acceptors (Lipinski definition) is 8. The summed E-state index contributed by atoms with van der Waals surface area (Å²) in [5.41, 5.74) is 7.81. The summed E-state index contributed by atoms with van der Waals surface area (Å²) in [6.07, 6.45) is 1.84.